The second-order valence-electron chi connectivity index (χ2n) is 5.43. The first-order valence-electron chi connectivity index (χ1n) is 7.87. The molecule has 126 valence electrons. The molecular weight excluding hydrogens is 298 g/mol. The highest BCUT2D eigenvalue weighted by Crippen LogP contribution is 2.32. The zero-order chi connectivity index (χ0) is 16.7. The summed E-state index contributed by atoms with van der Waals surface area (Å²) in [6, 6.07) is 5.62. The predicted molar refractivity (Wildman–Crippen MR) is 84.1 cm³/mol. The third-order valence-electron chi connectivity index (χ3n) is 3.72. The van der Waals surface area contributed by atoms with Gasteiger partial charge >= 0.3 is 5.97 Å². The Morgan fingerprint density at radius 3 is 2.74 bits per heavy atom. The van der Waals surface area contributed by atoms with Crippen LogP contribution >= 0.6 is 0 Å². The summed E-state index contributed by atoms with van der Waals surface area (Å²) < 4.78 is 15.3. The first kappa shape index (κ1) is 17.1. The summed E-state index contributed by atoms with van der Waals surface area (Å²) in [5, 5.41) is 0. The van der Waals surface area contributed by atoms with Gasteiger partial charge in [0, 0.05) is 19.5 Å². The first-order chi connectivity index (χ1) is 11.1. The second-order valence-corrected chi connectivity index (χ2v) is 5.43. The number of hydrogen-bond acceptors (Lipinski definition) is 5. The van der Waals surface area contributed by atoms with E-state index in [2.05, 4.69) is 4.74 Å². The lowest BCUT2D eigenvalue weighted by Crippen LogP contribution is -2.32. The molecule has 1 amide bonds. The van der Waals surface area contributed by atoms with Crippen molar-refractivity contribution in [3.05, 3.63) is 23.8 Å². The average Bonchev–Trinajstić information content (AvgIpc) is 3.03. The van der Waals surface area contributed by atoms with Gasteiger partial charge in [0.05, 0.1) is 13.5 Å². The number of fused-ring (bicyclic) bond motifs is 1. The Labute approximate surface area is 136 Å². The van der Waals surface area contributed by atoms with Crippen LogP contribution < -0.4 is 9.47 Å². The van der Waals surface area contributed by atoms with Gasteiger partial charge < -0.3 is 19.1 Å². The molecule has 6 nitrogen and oxygen atoms in total. The summed E-state index contributed by atoms with van der Waals surface area (Å²) in [5.74, 6) is 1.14. The van der Waals surface area contributed by atoms with Gasteiger partial charge in [0.15, 0.2) is 11.5 Å². The lowest BCUT2D eigenvalue weighted by molar-refractivity contribution is -0.142. The summed E-state index contributed by atoms with van der Waals surface area (Å²) in [6.07, 6.45) is 2.48. The van der Waals surface area contributed by atoms with Gasteiger partial charge in [-0.3, -0.25) is 9.59 Å². The molecule has 1 aliphatic rings. The van der Waals surface area contributed by atoms with E-state index >= 15 is 0 Å². The van der Waals surface area contributed by atoms with E-state index in [-0.39, 0.29) is 25.1 Å². The summed E-state index contributed by atoms with van der Waals surface area (Å²) in [4.78, 5) is 25.4. The number of carbonyl (C=O) groups excluding carboxylic acids is 2. The van der Waals surface area contributed by atoms with Crippen molar-refractivity contribution >= 4 is 11.9 Å². The molecule has 0 N–H and O–H groups in total. The van der Waals surface area contributed by atoms with Gasteiger partial charge in [-0.15, -0.1) is 0 Å². The number of ether oxygens (including phenoxy) is 3. The molecule has 0 saturated heterocycles. The van der Waals surface area contributed by atoms with E-state index < -0.39 is 0 Å². The normalized spacial score (nSPS) is 12.1. The molecule has 2 rings (SSSR count). The number of carbonyl (C=O) groups is 2. The van der Waals surface area contributed by atoms with Crippen LogP contribution in [0.4, 0.5) is 0 Å². The smallest absolute Gasteiger partial charge is 0.307 e. The average molecular weight is 321 g/mol. The highest BCUT2D eigenvalue weighted by atomic mass is 16.7. The standard InChI is InChI=1S/C17H23NO5/c1-3-4-5-16(19)18(9-8-17(20)21-2)11-13-6-7-14-15(10-13)23-12-22-14/h6-7,10H,3-5,8-9,11-12H2,1-2H3. The fraction of sp³-hybridized carbons (Fsp3) is 0.529. The minimum absolute atomic E-state index is 0.0495. The molecule has 0 radical (unpaired) electrons. The fourth-order valence-corrected chi connectivity index (χ4v) is 2.37. The van der Waals surface area contributed by atoms with Gasteiger partial charge in [0.25, 0.3) is 0 Å². The van der Waals surface area contributed by atoms with Crippen LogP contribution in [0, 0.1) is 0 Å². The first-order valence-corrected chi connectivity index (χ1v) is 7.87. The van der Waals surface area contributed by atoms with Gasteiger partial charge in [0.1, 0.15) is 0 Å². The van der Waals surface area contributed by atoms with Crippen molar-refractivity contribution in [3.8, 4) is 11.5 Å². The largest absolute Gasteiger partial charge is 0.469 e. The van der Waals surface area contributed by atoms with Crippen LogP contribution in [0.15, 0.2) is 18.2 Å². The molecule has 0 atom stereocenters. The summed E-state index contributed by atoms with van der Waals surface area (Å²) >= 11 is 0. The SMILES string of the molecule is CCCCC(=O)N(CCC(=O)OC)Cc1ccc2c(c1)OCO2. The van der Waals surface area contributed by atoms with E-state index in [0.29, 0.717) is 31.0 Å². The third-order valence-corrected chi connectivity index (χ3v) is 3.72. The number of unbranched alkanes of at least 4 members (excludes halogenated alkanes) is 1. The lowest BCUT2D eigenvalue weighted by Gasteiger charge is -2.22. The van der Waals surface area contributed by atoms with Crippen LogP contribution in [0.5, 0.6) is 11.5 Å². The Morgan fingerprint density at radius 1 is 1.22 bits per heavy atom. The molecule has 1 aliphatic heterocycles. The van der Waals surface area contributed by atoms with E-state index in [1.54, 1.807) is 4.90 Å². The van der Waals surface area contributed by atoms with Crippen LogP contribution in [0.2, 0.25) is 0 Å². The van der Waals surface area contributed by atoms with Gasteiger partial charge in [-0.2, -0.15) is 0 Å². The molecule has 0 spiro atoms. The molecule has 1 aromatic carbocycles. The van der Waals surface area contributed by atoms with Crippen LogP contribution in [0.3, 0.4) is 0 Å². The summed E-state index contributed by atoms with van der Waals surface area (Å²) in [7, 11) is 1.35. The van der Waals surface area contributed by atoms with Crippen molar-refractivity contribution < 1.29 is 23.8 Å². The molecule has 0 fully saturated rings. The number of esters is 1. The molecule has 23 heavy (non-hydrogen) atoms. The Bertz CT molecular complexity index is 558. The van der Waals surface area contributed by atoms with E-state index in [9.17, 15) is 9.59 Å². The summed E-state index contributed by atoms with van der Waals surface area (Å²) in [6.45, 7) is 3.06. The van der Waals surface area contributed by atoms with Crippen molar-refractivity contribution in [2.24, 2.45) is 0 Å². The second kappa shape index (κ2) is 8.41. The zero-order valence-electron chi connectivity index (χ0n) is 13.7. The number of amides is 1. The van der Waals surface area contributed by atoms with Crippen LogP contribution in [0.25, 0.3) is 0 Å². The monoisotopic (exact) mass is 321 g/mol. The number of benzene rings is 1. The number of rotatable bonds is 8. The maximum absolute atomic E-state index is 12.4. The van der Waals surface area contributed by atoms with Gasteiger partial charge in [-0.1, -0.05) is 19.4 Å². The van der Waals surface area contributed by atoms with Gasteiger partial charge in [-0.05, 0) is 24.1 Å². The number of nitrogens with zero attached hydrogens (tertiary/aromatic N) is 1. The van der Waals surface area contributed by atoms with Crippen molar-refractivity contribution in [1.82, 2.24) is 4.90 Å². The number of hydrogen-bond donors (Lipinski definition) is 0. The maximum Gasteiger partial charge on any atom is 0.307 e. The zero-order valence-corrected chi connectivity index (χ0v) is 13.7. The van der Waals surface area contributed by atoms with E-state index in [4.69, 9.17) is 9.47 Å². The minimum atomic E-state index is -0.316. The van der Waals surface area contributed by atoms with E-state index in [1.807, 2.05) is 25.1 Å². The van der Waals surface area contributed by atoms with Gasteiger partial charge in [-0.25, -0.2) is 0 Å². The molecule has 0 aromatic heterocycles. The highest BCUT2D eigenvalue weighted by Gasteiger charge is 2.18. The summed E-state index contributed by atoms with van der Waals surface area (Å²) in [5.41, 5.74) is 0.948. The van der Waals surface area contributed by atoms with Crippen LogP contribution in [-0.2, 0) is 20.9 Å². The maximum atomic E-state index is 12.4. The van der Waals surface area contributed by atoms with E-state index in [1.165, 1.54) is 7.11 Å². The van der Waals surface area contributed by atoms with Crippen molar-refractivity contribution in [2.45, 2.75) is 39.2 Å². The predicted octanol–water partition coefficient (Wildman–Crippen LogP) is 2.50. The molecule has 1 heterocycles. The Balaban J connectivity index is 2.03. The minimum Gasteiger partial charge on any atom is -0.469 e. The van der Waals surface area contributed by atoms with Crippen LogP contribution in [-0.4, -0.2) is 37.2 Å². The highest BCUT2D eigenvalue weighted by molar-refractivity contribution is 5.77. The molecule has 0 unspecified atom stereocenters. The molecule has 6 heteroatoms. The molecular formula is C17H23NO5. The Morgan fingerprint density at radius 2 is 2.00 bits per heavy atom. The topological polar surface area (TPSA) is 65.1 Å². The Kier molecular flexibility index (Phi) is 6.26. The number of methoxy groups -OCH3 is 1. The van der Waals surface area contributed by atoms with Crippen LogP contribution in [0.1, 0.15) is 38.2 Å². The molecule has 0 saturated carbocycles. The quantitative estimate of drug-likeness (QED) is 0.688. The molecule has 0 aliphatic carbocycles. The third kappa shape index (κ3) is 4.87. The fourth-order valence-electron chi connectivity index (χ4n) is 2.37. The van der Waals surface area contributed by atoms with E-state index in [0.717, 1.165) is 18.4 Å². The molecule has 0 bridgehead atoms. The van der Waals surface area contributed by atoms with Crippen molar-refractivity contribution in [3.63, 3.8) is 0 Å². The van der Waals surface area contributed by atoms with Gasteiger partial charge in [0.2, 0.25) is 12.7 Å². The van der Waals surface area contributed by atoms with Crippen molar-refractivity contribution in [1.29, 1.82) is 0 Å². The lowest BCUT2D eigenvalue weighted by atomic mass is 10.1. The Hall–Kier alpha value is -2.24. The van der Waals surface area contributed by atoms with Crippen molar-refractivity contribution in [2.75, 3.05) is 20.4 Å². The molecule has 1 aromatic rings.